The van der Waals surface area contributed by atoms with Gasteiger partial charge in [-0.25, -0.2) is 0 Å². The summed E-state index contributed by atoms with van der Waals surface area (Å²) in [6.07, 6.45) is 0. The van der Waals surface area contributed by atoms with Gasteiger partial charge in [0.25, 0.3) is 0 Å². The molecule has 0 saturated carbocycles. The first-order valence-corrected chi connectivity index (χ1v) is 5.16. The topological polar surface area (TPSA) is 0 Å². The maximum atomic E-state index is 2.26. The molecule has 0 atom stereocenters. The van der Waals surface area contributed by atoms with Crippen molar-refractivity contribution in [2.45, 2.75) is 34.6 Å². The summed E-state index contributed by atoms with van der Waals surface area (Å²) in [6, 6.07) is 10.6. The third kappa shape index (κ3) is 2.47. The Labute approximate surface area is 87.7 Å². The van der Waals surface area contributed by atoms with E-state index in [1.54, 1.807) is 0 Å². The van der Waals surface area contributed by atoms with E-state index in [1.807, 2.05) is 0 Å². The monoisotopic (exact) mass is 188 g/mol. The van der Waals surface area contributed by atoms with Gasteiger partial charge in [0.2, 0.25) is 0 Å². The van der Waals surface area contributed by atoms with Crippen LogP contribution in [0.15, 0.2) is 35.9 Å². The predicted octanol–water partition coefficient (Wildman–Crippen LogP) is 4.53. The van der Waals surface area contributed by atoms with Crippen LogP contribution in [-0.4, -0.2) is 0 Å². The summed E-state index contributed by atoms with van der Waals surface area (Å²) in [4.78, 5) is 0. The smallest absolute Gasteiger partial charge is 0.0170 e. The third-order valence-electron chi connectivity index (χ3n) is 2.89. The Bertz CT molecular complexity index is 323. The molecule has 1 rings (SSSR count). The van der Waals surface area contributed by atoms with E-state index in [0.717, 1.165) is 0 Å². The summed E-state index contributed by atoms with van der Waals surface area (Å²) in [5.74, 6) is 0. The first-order valence-electron chi connectivity index (χ1n) is 5.16. The van der Waals surface area contributed by atoms with Gasteiger partial charge in [0.05, 0.1) is 0 Å². The zero-order chi connectivity index (χ0) is 10.8. The van der Waals surface area contributed by atoms with Gasteiger partial charge in [-0.2, -0.15) is 0 Å². The molecular formula is C14H20. The van der Waals surface area contributed by atoms with E-state index < -0.39 is 0 Å². The van der Waals surface area contributed by atoms with Crippen LogP contribution in [0.4, 0.5) is 0 Å². The lowest BCUT2D eigenvalue weighted by Crippen LogP contribution is -2.08. The van der Waals surface area contributed by atoms with Crippen LogP contribution in [0.3, 0.4) is 0 Å². The molecule has 0 heteroatoms. The SMILES string of the molecule is C/C(=C(/C)C(C)(C)C)c1ccccc1. The molecule has 0 heterocycles. The molecule has 0 saturated heterocycles. The molecule has 0 amide bonds. The van der Waals surface area contributed by atoms with Crippen LogP contribution in [0, 0.1) is 5.41 Å². The first-order chi connectivity index (χ1) is 6.43. The fourth-order valence-corrected chi connectivity index (χ4v) is 1.47. The molecule has 0 aromatic heterocycles. The lowest BCUT2D eigenvalue weighted by atomic mass is 9.83. The molecule has 0 bridgehead atoms. The fourth-order valence-electron chi connectivity index (χ4n) is 1.47. The van der Waals surface area contributed by atoms with E-state index in [-0.39, 0.29) is 5.41 Å². The van der Waals surface area contributed by atoms with Gasteiger partial charge in [0.15, 0.2) is 0 Å². The highest BCUT2D eigenvalue weighted by Crippen LogP contribution is 2.31. The van der Waals surface area contributed by atoms with Gasteiger partial charge in [-0.05, 0) is 30.4 Å². The van der Waals surface area contributed by atoms with E-state index in [2.05, 4.69) is 65.0 Å². The van der Waals surface area contributed by atoms with Crippen LogP contribution in [0.5, 0.6) is 0 Å². The number of rotatable bonds is 1. The van der Waals surface area contributed by atoms with Crippen molar-refractivity contribution in [3.63, 3.8) is 0 Å². The molecule has 0 unspecified atom stereocenters. The van der Waals surface area contributed by atoms with E-state index in [1.165, 1.54) is 16.7 Å². The van der Waals surface area contributed by atoms with Crippen molar-refractivity contribution in [2.24, 2.45) is 5.41 Å². The van der Waals surface area contributed by atoms with Crippen LogP contribution in [0.2, 0.25) is 0 Å². The quantitative estimate of drug-likeness (QED) is 0.607. The van der Waals surface area contributed by atoms with E-state index in [0.29, 0.717) is 0 Å². The zero-order valence-electron chi connectivity index (χ0n) is 9.89. The van der Waals surface area contributed by atoms with Crippen LogP contribution in [-0.2, 0) is 0 Å². The van der Waals surface area contributed by atoms with Crippen LogP contribution >= 0.6 is 0 Å². The second-order valence-corrected chi connectivity index (χ2v) is 4.87. The molecular weight excluding hydrogens is 168 g/mol. The Balaban J connectivity index is 3.12. The van der Waals surface area contributed by atoms with Crippen molar-refractivity contribution in [2.75, 3.05) is 0 Å². The molecule has 1 aromatic rings. The highest BCUT2D eigenvalue weighted by atomic mass is 14.2. The summed E-state index contributed by atoms with van der Waals surface area (Å²) in [5, 5.41) is 0. The molecule has 1 aromatic carbocycles. The standard InChI is InChI=1S/C14H20/c1-11(12(2)14(3,4)5)13-9-7-6-8-10-13/h6-10H,1-5H3/b12-11+. The summed E-state index contributed by atoms with van der Waals surface area (Å²) < 4.78 is 0. The molecule has 0 spiro atoms. The minimum absolute atomic E-state index is 0.264. The number of benzene rings is 1. The van der Waals surface area contributed by atoms with Gasteiger partial charge in [-0.1, -0.05) is 56.7 Å². The van der Waals surface area contributed by atoms with Gasteiger partial charge in [0.1, 0.15) is 0 Å². The predicted molar refractivity (Wildman–Crippen MR) is 64.2 cm³/mol. The van der Waals surface area contributed by atoms with Gasteiger partial charge in [0, 0.05) is 0 Å². The maximum absolute atomic E-state index is 2.26. The Kier molecular flexibility index (Phi) is 3.15. The van der Waals surface area contributed by atoms with Gasteiger partial charge in [-0.3, -0.25) is 0 Å². The highest BCUT2D eigenvalue weighted by Gasteiger charge is 2.15. The van der Waals surface area contributed by atoms with Crippen molar-refractivity contribution in [3.8, 4) is 0 Å². The minimum Gasteiger partial charge on any atom is -0.0644 e. The van der Waals surface area contributed by atoms with Crippen molar-refractivity contribution in [1.82, 2.24) is 0 Å². The molecule has 0 nitrogen and oxygen atoms in total. The molecule has 0 N–H and O–H groups in total. The molecule has 0 aliphatic rings. The number of hydrogen-bond donors (Lipinski definition) is 0. The third-order valence-corrected chi connectivity index (χ3v) is 2.89. The lowest BCUT2D eigenvalue weighted by Gasteiger charge is -2.22. The zero-order valence-corrected chi connectivity index (χ0v) is 9.89. The van der Waals surface area contributed by atoms with Crippen molar-refractivity contribution in [3.05, 3.63) is 41.5 Å². The Morgan fingerprint density at radius 2 is 1.43 bits per heavy atom. The largest absolute Gasteiger partial charge is 0.0644 e. The van der Waals surface area contributed by atoms with Crippen molar-refractivity contribution < 1.29 is 0 Å². The molecule has 0 fully saturated rings. The average Bonchev–Trinajstić information content (AvgIpc) is 2.15. The Hall–Kier alpha value is -1.04. The second-order valence-electron chi connectivity index (χ2n) is 4.87. The molecule has 0 aliphatic heterocycles. The summed E-state index contributed by atoms with van der Waals surface area (Å²) in [7, 11) is 0. The molecule has 0 radical (unpaired) electrons. The summed E-state index contributed by atoms with van der Waals surface area (Å²) >= 11 is 0. The second kappa shape index (κ2) is 4.00. The minimum atomic E-state index is 0.264. The van der Waals surface area contributed by atoms with Crippen LogP contribution in [0.1, 0.15) is 40.2 Å². The van der Waals surface area contributed by atoms with E-state index >= 15 is 0 Å². The fraction of sp³-hybridized carbons (Fsp3) is 0.429. The summed E-state index contributed by atoms with van der Waals surface area (Å²) in [6.45, 7) is 11.2. The molecule has 0 aliphatic carbocycles. The van der Waals surface area contributed by atoms with Gasteiger partial charge in [-0.15, -0.1) is 0 Å². The first kappa shape index (κ1) is 11.0. The van der Waals surface area contributed by atoms with Crippen molar-refractivity contribution in [1.29, 1.82) is 0 Å². The Morgan fingerprint density at radius 1 is 0.929 bits per heavy atom. The molecule has 76 valence electrons. The highest BCUT2D eigenvalue weighted by molar-refractivity contribution is 5.67. The van der Waals surface area contributed by atoms with E-state index in [4.69, 9.17) is 0 Å². The normalized spacial score (nSPS) is 13.8. The van der Waals surface area contributed by atoms with Gasteiger partial charge < -0.3 is 0 Å². The van der Waals surface area contributed by atoms with Crippen LogP contribution < -0.4 is 0 Å². The lowest BCUT2D eigenvalue weighted by molar-refractivity contribution is 0.505. The molecule has 14 heavy (non-hydrogen) atoms. The number of hydrogen-bond acceptors (Lipinski definition) is 0. The van der Waals surface area contributed by atoms with Crippen LogP contribution in [0.25, 0.3) is 5.57 Å². The number of allylic oxidation sites excluding steroid dienone is 2. The average molecular weight is 188 g/mol. The summed E-state index contributed by atoms with van der Waals surface area (Å²) in [5.41, 5.74) is 4.46. The van der Waals surface area contributed by atoms with Crippen molar-refractivity contribution >= 4 is 5.57 Å². The Morgan fingerprint density at radius 3 is 1.86 bits per heavy atom. The maximum Gasteiger partial charge on any atom is -0.0170 e. The van der Waals surface area contributed by atoms with Gasteiger partial charge >= 0.3 is 0 Å². The van der Waals surface area contributed by atoms with E-state index in [9.17, 15) is 0 Å².